The molecule has 1 aromatic heterocycles. The van der Waals surface area contributed by atoms with Crippen LogP contribution >= 0.6 is 0 Å². The van der Waals surface area contributed by atoms with Crippen LogP contribution in [0.15, 0.2) is 4.52 Å². The fourth-order valence-electron chi connectivity index (χ4n) is 1.95. The van der Waals surface area contributed by atoms with Crippen LogP contribution in [0.2, 0.25) is 0 Å². The van der Waals surface area contributed by atoms with E-state index in [1.54, 1.807) is 0 Å². The van der Waals surface area contributed by atoms with Crippen LogP contribution in [0.3, 0.4) is 0 Å². The molecule has 15 heavy (non-hydrogen) atoms. The van der Waals surface area contributed by atoms with Crippen LogP contribution in [0, 0.1) is 6.92 Å². The number of fused-ring (bicyclic) bond motifs is 1. The summed E-state index contributed by atoms with van der Waals surface area (Å²) in [7, 11) is 0. The van der Waals surface area contributed by atoms with Crippen molar-refractivity contribution in [2.24, 2.45) is 0 Å². The maximum atomic E-state index is 10.5. The molecule has 0 amide bonds. The monoisotopic (exact) mass is 210 g/mol. The molecule has 0 saturated carbocycles. The molecule has 2 heterocycles. The van der Waals surface area contributed by atoms with Crippen molar-refractivity contribution in [1.29, 1.82) is 0 Å². The number of carboxylic acid groups (broad SMARTS) is 1. The van der Waals surface area contributed by atoms with Crippen LogP contribution in [0.5, 0.6) is 0 Å². The predicted molar refractivity (Wildman–Crippen MR) is 52.6 cm³/mol. The van der Waals surface area contributed by atoms with Crippen LogP contribution in [-0.2, 0) is 11.2 Å². The van der Waals surface area contributed by atoms with Crippen molar-refractivity contribution in [3.8, 4) is 0 Å². The number of nitrogens with one attached hydrogen (secondary N) is 1. The number of carbonyl (C=O) groups is 1. The Bertz CT molecular complexity index is 373. The van der Waals surface area contributed by atoms with Crippen LogP contribution in [0.1, 0.15) is 35.9 Å². The van der Waals surface area contributed by atoms with Gasteiger partial charge in [0.1, 0.15) is 0 Å². The van der Waals surface area contributed by atoms with Crippen LogP contribution in [-0.4, -0.2) is 22.8 Å². The molecular weight excluding hydrogens is 196 g/mol. The van der Waals surface area contributed by atoms with Crippen molar-refractivity contribution >= 4 is 5.97 Å². The van der Waals surface area contributed by atoms with Crippen LogP contribution < -0.4 is 5.32 Å². The zero-order valence-corrected chi connectivity index (χ0v) is 8.62. The fourth-order valence-corrected chi connectivity index (χ4v) is 1.95. The Morgan fingerprint density at radius 3 is 3.27 bits per heavy atom. The van der Waals surface area contributed by atoms with E-state index in [0.717, 1.165) is 30.0 Å². The summed E-state index contributed by atoms with van der Waals surface area (Å²) in [5.41, 5.74) is 2.07. The zero-order valence-electron chi connectivity index (χ0n) is 8.62. The number of nitrogens with zero attached hydrogens (tertiary/aromatic N) is 1. The third-order valence-electron chi connectivity index (χ3n) is 2.74. The van der Waals surface area contributed by atoms with Gasteiger partial charge in [-0.05, 0) is 19.8 Å². The van der Waals surface area contributed by atoms with Gasteiger partial charge < -0.3 is 14.9 Å². The second-order valence-corrected chi connectivity index (χ2v) is 3.80. The van der Waals surface area contributed by atoms with E-state index in [1.165, 1.54) is 0 Å². The van der Waals surface area contributed by atoms with E-state index in [1.807, 2.05) is 6.92 Å². The highest BCUT2D eigenvalue weighted by atomic mass is 16.5. The van der Waals surface area contributed by atoms with Crippen LogP contribution in [0.25, 0.3) is 0 Å². The standard InChI is InChI=1S/C10H14N2O3/c1-6-7-4-5-11-8(2-3-9(13)14)10(7)15-12-6/h8,11H,2-5H2,1H3,(H,13,14). The lowest BCUT2D eigenvalue weighted by Gasteiger charge is -2.21. The minimum absolute atomic E-state index is 0.00560. The molecule has 2 rings (SSSR count). The number of hydrogen-bond acceptors (Lipinski definition) is 4. The minimum atomic E-state index is -0.778. The summed E-state index contributed by atoms with van der Waals surface area (Å²) in [6.45, 7) is 2.78. The molecule has 5 heteroatoms. The first kappa shape index (κ1) is 10.2. The molecule has 5 nitrogen and oxygen atoms in total. The summed E-state index contributed by atoms with van der Waals surface area (Å²) in [4.78, 5) is 10.5. The van der Waals surface area contributed by atoms with Crippen LogP contribution in [0.4, 0.5) is 0 Å². The molecule has 0 spiro atoms. The highest BCUT2D eigenvalue weighted by molar-refractivity contribution is 5.66. The molecule has 0 aromatic carbocycles. The van der Waals surface area contributed by atoms with Crippen molar-refractivity contribution in [1.82, 2.24) is 10.5 Å². The molecule has 1 aromatic rings. The van der Waals surface area contributed by atoms with Gasteiger partial charge in [0.2, 0.25) is 0 Å². The largest absolute Gasteiger partial charge is 0.481 e. The fraction of sp³-hybridized carbons (Fsp3) is 0.600. The molecule has 2 N–H and O–H groups in total. The lowest BCUT2D eigenvalue weighted by atomic mass is 9.98. The molecule has 0 saturated heterocycles. The molecule has 1 aliphatic heterocycles. The number of aromatic nitrogens is 1. The van der Waals surface area contributed by atoms with Gasteiger partial charge in [0.25, 0.3) is 0 Å². The van der Waals surface area contributed by atoms with Crippen molar-refractivity contribution in [2.45, 2.75) is 32.2 Å². The topological polar surface area (TPSA) is 75.4 Å². The zero-order chi connectivity index (χ0) is 10.8. The first-order chi connectivity index (χ1) is 7.18. The van der Waals surface area contributed by atoms with Gasteiger partial charge in [-0.25, -0.2) is 0 Å². The van der Waals surface area contributed by atoms with E-state index in [-0.39, 0.29) is 12.5 Å². The maximum Gasteiger partial charge on any atom is 0.303 e. The summed E-state index contributed by atoms with van der Waals surface area (Å²) in [5, 5.41) is 15.8. The molecule has 1 aliphatic rings. The van der Waals surface area contributed by atoms with Crippen molar-refractivity contribution in [2.75, 3.05) is 6.54 Å². The van der Waals surface area contributed by atoms with Gasteiger partial charge in [0.15, 0.2) is 5.76 Å². The number of aliphatic carboxylic acids is 1. The number of rotatable bonds is 3. The highest BCUT2D eigenvalue weighted by Gasteiger charge is 2.26. The maximum absolute atomic E-state index is 10.5. The summed E-state index contributed by atoms with van der Waals surface area (Å²) in [6.07, 6.45) is 1.61. The number of aryl methyl sites for hydroxylation is 1. The molecular formula is C10H14N2O3. The first-order valence-corrected chi connectivity index (χ1v) is 5.08. The van der Waals surface area contributed by atoms with Gasteiger partial charge in [0, 0.05) is 18.5 Å². The van der Waals surface area contributed by atoms with Gasteiger partial charge >= 0.3 is 5.97 Å². The van der Waals surface area contributed by atoms with Gasteiger partial charge in [-0.2, -0.15) is 0 Å². The molecule has 0 aliphatic carbocycles. The average molecular weight is 210 g/mol. The first-order valence-electron chi connectivity index (χ1n) is 5.08. The average Bonchev–Trinajstić information content (AvgIpc) is 2.58. The number of carboxylic acids is 1. The predicted octanol–water partition coefficient (Wildman–Crippen LogP) is 1.03. The summed E-state index contributed by atoms with van der Waals surface area (Å²) in [6, 6.07) is 0.00560. The Morgan fingerprint density at radius 2 is 2.53 bits per heavy atom. The Balaban J connectivity index is 2.12. The van der Waals surface area contributed by atoms with Gasteiger partial charge in [-0.3, -0.25) is 4.79 Å². The lowest BCUT2D eigenvalue weighted by molar-refractivity contribution is -0.137. The molecule has 0 bridgehead atoms. The number of hydrogen-bond donors (Lipinski definition) is 2. The molecule has 1 unspecified atom stereocenters. The van der Waals surface area contributed by atoms with E-state index in [4.69, 9.17) is 9.63 Å². The summed E-state index contributed by atoms with van der Waals surface area (Å²) in [5.74, 6) is 0.0418. The van der Waals surface area contributed by atoms with E-state index >= 15 is 0 Å². The highest BCUT2D eigenvalue weighted by Crippen LogP contribution is 2.28. The Hall–Kier alpha value is -1.36. The third-order valence-corrected chi connectivity index (χ3v) is 2.74. The van der Waals surface area contributed by atoms with Crippen molar-refractivity contribution in [3.05, 3.63) is 17.0 Å². The molecule has 0 radical (unpaired) electrons. The van der Waals surface area contributed by atoms with Gasteiger partial charge in [-0.15, -0.1) is 0 Å². The lowest BCUT2D eigenvalue weighted by Crippen LogP contribution is -2.29. The Kier molecular flexibility index (Phi) is 2.73. The van der Waals surface area contributed by atoms with Crippen molar-refractivity contribution < 1.29 is 14.4 Å². The molecule has 1 atom stereocenters. The Labute approximate surface area is 87.5 Å². The normalized spacial score (nSPS) is 19.9. The Morgan fingerprint density at radius 1 is 1.73 bits per heavy atom. The SMILES string of the molecule is Cc1noc2c1CCNC2CCC(=O)O. The van der Waals surface area contributed by atoms with E-state index in [0.29, 0.717) is 6.42 Å². The second-order valence-electron chi connectivity index (χ2n) is 3.80. The quantitative estimate of drug-likeness (QED) is 0.779. The second kappa shape index (κ2) is 4.02. The van der Waals surface area contributed by atoms with E-state index < -0.39 is 5.97 Å². The smallest absolute Gasteiger partial charge is 0.303 e. The van der Waals surface area contributed by atoms with Gasteiger partial charge in [-0.1, -0.05) is 5.16 Å². The third kappa shape index (κ3) is 2.02. The minimum Gasteiger partial charge on any atom is -0.481 e. The summed E-state index contributed by atoms with van der Waals surface area (Å²) < 4.78 is 5.23. The van der Waals surface area contributed by atoms with E-state index in [9.17, 15) is 4.79 Å². The molecule has 0 fully saturated rings. The van der Waals surface area contributed by atoms with E-state index in [2.05, 4.69) is 10.5 Å². The van der Waals surface area contributed by atoms with Gasteiger partial charge in [0.05, 0.1) is 11.7 Å². The summed E-state index contributed by atoms with van der Waals surface area (Å²) >= 11 is 0. The molecule has 82 valence electrons. The van der Waals surface area contributed by atoms with Crippen molar-refractivity contribution in [3.63, 3.8) is 0 Å².